The minimum absolute atomic E-state index is 0.402. The number of carboxylic acids is 1. The van der Waals surface area contributed by atoms with Gasteiger partial charge in [-0.15, -0.1) is 0 Å². The summed E-state index contributed by atoms with van der Waals surface area (Å²) in [6.45, 7) is 4.96. The largest absolute Gasteiger partial charge is 0.480 e. The third-order valence-corrected chi connectivity index (χ3v) is 2.19. The van der Waals surface area contributed by atoms with E-state index in [2.05, 4.69) is 10.3 Å². The summed E-state index contributed by atoms with van der Waals surface area (Å²) in [5, 5.41) is 11.0. The molecule has 0 radical (unpaired) electrons. The van der Waals surface area contributed by atoms with Gasteiger partial charge in [0.25, 0.3) is 5.91 Å². The molecule has 0 bridgehead atoms. The van der Waals surface area contributed by atoms with Gasteiger partial charge in [-0.1, -0.05) is 0 Å². The monoisotopic (exact) mass is 222 g/mol. The second-order valence-corrected chi connectivity index (χ2v) is 3.62. The van der Waals surface area contributed by atoms with Crippen molar-refractivity contribution in [3.63, 3.8) is 0 Å². The van der Waals surface area contributed by atoms with Crippen molar-refractivity contribution < 1.29 is 14.7 Å². The first-order valence-electron chi connectivity index (χ1n) is 4.89. The molecule has 86 valence electrons. The highest BCUT2D eigenvalue weighted by Gasteiger charge is 2.16. The van der Waals surface area contributed by atoms with Gasteiger partial charge in [-0.2, -0.15) is 0 Å². The van der Waals surface area contributed by atoms with Gasteiger partial charge in [-0.3, -0.25) is 14.6 Å². The summed E-state index contributed by atoms with van der Waals surface area (Å²) in [5.41, 5.74) is 1.81. The molecule has 1 rings (SSSR count). The number of aromatic nitrogens is 1. The van der Waals surface area contributed by atoms with Crippen LogP contribution in [0.25, 0.3) is 0 Å². The molecule has 16 heavy (non-hydrogen) atoms. The summed E-state index contributed by atoms with van der Waals surface area (Å²) in [5.74, 6) is -1.48. The third kappa shape index (κ3) is 2.79. The molecule has 0 aromatic carbocycles. The Morgan fingerprint density at radius 3 is 2.50 bits per heavy atom. The van der Waals surface area contributed by atoms with Crippen LogP contribution in [0.5, 0.6) is 0 Å². The summed E-state index contributed by atoms with van der Waals surface area (Å²) >= 11 is 0. The van der Waals surface area contributed by atoms with Crippen molar-refractivity contribution in [2.24, 2.45) is 0 Å². The first-order valence-corrected chi connectivity index (χ1v) is 4.89. The molecule has 1 aromatic rings. The van der Waals surface area contributed by atoms with Gasteiger partial charge in [-0.25, -0.2) is 0 Å². The van der Waals surface area contributed by atoms with Crippen LogP contribution in [-0.2, 0) is 4.79 Å². The molecule has 5 heteroatoms. The van der Waals surface area contributed by atoms with E-state index in [0.29, 0.717) is 11.3 Å². The maximum Gasteiger partial charge on any atom is 0.325 e. The first-order chi connectivity index (χ1) is 7.41. The molecule has 2 N–H and O–H groups in total. The van der Waals surface area contributed by atoms with Crippen LogP contribution in [0.3, 0.4) is 0 Å². The molecule has 1 aromatic heterocycles. The van der Waals surface area contributed by atoms with Crippen LogP contribution in [0.4, 0.5) is 0 Å². The van der Waals surface area contributed by atoms with Crippen LogP contribution in [0, 0.1) is 13.8 Å². The minimum Gasteiger partial charge on any atom is -0.480 e. The van der Waals surface area contributed by atoms with Crippen LogP contribution in [0.2, 0.25) is 0 Å². The molecule has 0 fully saturated rings. The van der Waals surface area contributed by atoms with Crippen molar-refractivity contribution in [1.82, 2.24) is 10.3 Å². The predicted octanol–water partition coefficient (Wildman–Crippen LogP) is 0.901. The fourth-order valence-electron chi connectivity index (χ4n) is 1.26. The molecule has 0 aliphatic rings. The zero-order chi connectivity index (χ0) is 12.3. The number of amides is 1. The Kier molecular flexibility index (Phi) is 3.60. The van der Waals surface area contributed by atoms with Gasteiger partial charge in [0, 0.05) is 5.69 Å². The quantitative estimate of drug-likeness (QED) is 0.796. The second-order valence-electron chi connectivity index (χ2n) is 3.62. The maximum absolute atomic E-state index is 11.7. The molecular formula is C11H14N2O3. The molecule has 0 unspecified atom stereocenters. The van der Waals surface area contributed by atoms with Gasteiger partial charge >= 0.3 is 5.97 Å². The number of aryl methyl sites for hydroxylation is 2. The molecule has 0 saturated heterocycles. The number of rotatable bonds is 3. The van der Waals surface area contributed by atoms with E-state index in [9.17, 15) is 9.59 Å². The zero-order valence-electron chi connectivity index (χ0n) is 9.44. The average molecular weight is 222 g/mol. The van der Waals surface area contributed by atoms with Gasteiger partial charge in [0.1, 0.15) is 6.04 Å². The number of carbonyl (C=O) groups is 2. The van der Waals surface area contributed by atoms with E-state index in [4.69, 9.17) is 5.11 Å². The van der Waals surface area contributed by atoms with E-state index in [0.717, 1.165) is 5.69 Å². The number of nitrogens with zero attached hydrogens (tertiary/aromatic N) is 1. The Bertz CT molecular complexity index is 429. The summed E-state index contributed by atoms with van der Waals surface area (Å²) in [7, 11) is 0. The standard InChI is InChI=1S/C11H14N2O3/c1-6-4-5-9(7(2)12-6)10(14)13-8(3)11(15)16/h4-5,8H,1-3H3,(H,13,14)(H,15,16)/t8-/m1/s1. The summed E-state index contributed by atoms with van der Waals surface area (Å²) in [4.78, 5) is 26.4. The number of hydrogen-bond donors (Lipinski definition) is 2. The van der Waals surface area contributed by atoms with Crippen molar-refractivity contribution in [2.45, 2.75) is 26.8 Å². The highest BCUT2D eigenvalue weighted by atomic mass is 16.4. The first kappa shape index (κ1) is 12.2. The van der Waals surface area contributed by atoms with Crippen LogP contribution in [0.15, 0.2) is 12.1 Å². The van der Waals surface area contributed by atoms with Crippen LogP contribution in [-0.4, -0.2) is 28.0 Å². The molecule has 0 aliphatic heterocycles. The Labute approximate surface area is 93.5 Å². The molecule has 1 amide bonds. The van der Waals surface area contributed by atoms with Crippen molar-refractivity contribution >= 4 is 11.9 Å². The van der Waals surface area contributed by atoms with Crippen molar-refractivity contribution in [3.05, 3.63) is 29.1 Å². The Hall–Kier alpha value is -1.91. The Morgan fingerprint density at radius 2 is 2.00 bits per heavy atom. The Balaban J connectivity index is 2.85. The maximum atomic E-state index is 11.7. The molecule has 1 atom stereocenters. The highest BCUT2D eigenvalue weighted by molar-refractivity contribution is 5.97. The average Bonchev–Trinajstić information content (AvgIpc) is 2.16. The highest BCUT2D eigenvalue weighted by Crippen LogP contribution is 2.06. The predicted molar refractivity (Wildman–Crippen MR) is 58.3 cm³/mol. The lowest BCUT2D eigenvalue weighted by Crippen LogP contribution is -2.38. The van der Waals surface area contributed by atoms with E-state index < -0.39 is 17.9 Å². The van der Waals surface area contributed by atoms with Gasteiger partial charge < -0.3 is 10.4 Å². The lowest BCUT2D eigenvalue weighted by molar-refractivity contribution is -0.138. The van der Waals surface area contributed by atoms with E-state index in [1.807, 2.05) is 6.92 Å². The smallest absolute Gasteiger partial charge is 0.325 e. The fraction of sp³-hybridized carbons (Fsp3) is 0.364. The van der Waals surface area contributed by atoms with E-state index >= 15 is 0 Å². The number of hydrogen-bond acceptors (Lipinski definition) is 3. The van der Waals surface area contributed by atoms with E-state index in [1.54, 1.807) is 19.1 Å². The molecule has 0 aliphatic carbocycles. The van der Waals surface area contributed by atoms with Crippen molar-refractivity contribution in [1.29, 1.82) is 0 Å². The lowest BCUT2D eigenvalue weighted by atomic mass is 10.1. The topological polar surface area (TPSA) is 79.3 Å². The molecule has 1 heterocycles. The lowest BCUT2D eigenvalue weighted by Gasteiger charge is -2.10. The SMILES string of the molecule is Cc1ccc(C(=O)N[C@H](C)C(=O)O)c(C)n1. The van der Waals surface area contributed by atoms with E-state index in [1.165, 1.54) is 6.92 Å². The van der Waals surface area contributed by atoms with Gasteiger partial charge in [0.15, 0.2) is 0 Å². The number of nitrogens with one attached hydrogen (secondary N) is 1. The van der Waals surface area contributed by atoms with Crippen LogP contribution >= 0.6 is 0 Å². The van der Waals surface area contributed by atoms with Crippen molar-refractivity contribution in [2.75, 3.05) is 0 Å². The molecule has 0 saturated carbocycles. The van der Waals surface area contributed by atoms with Crippen LogP contribution < -0.4 is 5.32 Å². The number of pyridine rings is 1. The van der Waals surface area contributed by atoms with E-state index in [-0.39, 0.29) is 0 Å². The zero-order valence-corrected chi connectivity index (χ0v) is 9.44. The number of aliphatic carboxylic acids is 1. The number of carbonyl (C=O) groups excluding carboxylic acids is 1. The second kappa shape index (κ2) is 4.74. The fourth-order valence-corrected chi connectivity index (χ4v) is 1.26. The molecule has 0 spiro atoms. The Morgan fingerprint density at radius 1 is 1.38 bits per heavy atom. The molecular weight excluding hydrogens is 208 g/mol. The minimum atomic E-state index is -1.06. The van der Waals surface area contributed by atoms with Gasteiger partial charge in [0.2, 0.25) is 0 Å². The van der Waals surface area contributed by atoms with Gasteiger partial charge in [-0.05, 0) is 32.9 Å². The number of carboxylic acid groups (broad SMARTS) is 1. The summed E-state index contributed by atoms with van der Waals surface area (Å²) in [6, 6.07) is 2.45. The molecule has 5 nitrogen and oxygen atoms in total. The van der Waals surface area contributed by atoms with Crippen LogP contribution in [0.1, 0.15) is 28.7 Å². The van der Waals surface area contributed by atoms with Gasteiger partial charge in [0.05, 0.1) is 11.3 Å². The third-order valence-electron chi connectivity index (χ3n) is 2.19. The normalized spacial score (nSPS) is 11.9. The summed E-state index contributed by atoms with van der Waals surface area (Å²) in [6.07, 6.45) is 0. The summed E-state index contributed by atoms with van der Waals surface area (Å²) < 4.78 is 0. The van der Waals surface area contributed by atoms with Crippen molar-refractivity contribution in [3.8, 4) is 0 Å².